The summed E-state index contributed by atoms with van der Waals surface area (Å²) in [6.45, 7) is 2.96. The van der Waals surface area contributed by atoms with Gasteiger partial charge in [0.15, 0.2) is 0 Å². The Balaban J connectivity index is 1.60. The number of H-pyrrole nitrogens is 1. The predicted octanol–water partition coefficient (Wildman–Crippen LogP) is 4.70. The highest BCUT2D eigenvalue weighted by Crippen LogP contribution is 2.35. The van der Waals surface area contributed by atoms with E-state index in [-0.39, 0.29) is 0 Å². The van der Waals surface area contributed by atoms with Crippen LogP contribution in [0.25, 0.3) is 0 Å². The van der Waals surface area contributed by atoms with Crippen LogP contribution in [0.3, 0.4) is 0 Å². The van der Waals surface area contributed by atoms with Crippen LogP contribution in [0.5, 0.6) is 0 Å². The molecule has 2 aromatic rings. The Hall–Kier alpha value is -1.50. The highest BCUT2D eigenvalue weighted by atomic mass is 32.2. The first-order chi connectivity index (χ1) is 13.7. The second-order valence-corrected chi connectivity index (χ2v) is 9.84. The number of hydrogen-bond acceptors (Lipinski definition) is 5. The Kier molecular flexibility index (Phi) is 6.60. The van der Waals surface area contributed by atoms with Gasteiger partial charge in [-0.05, 0) is 44.5 Å². The molecule has 152 valence electrons. The maximum atomic E-state index is 4.25. The Labute approximate surface area is 173 Å². The topological polar surface area (TPSA) is 38.4 Å². The molecule has 0 spiro atoms. The molecule has 0 bridgehead atoms. The van der Waals surface area contributed by atoms with Crippen LogP contribution in [0.2, 0.25) is 0 Å². The van der Waals surface area contributed by atoms with Gasteiger partial charge in [-0.15, -0.1) is 0 Å². The molecule has 1 unspecified atom stereocenters. The van der Waals surface area contributed by atoms with E-state index in [1.807, 2.05) is 18.3 Å². The van der Waals surface area contributed by atoms with Gasteiger partial charge in [0.1, 0.15) is 0 Å². The van der Waals surface area contributed by atoms with Gasteiger partial charge >= 0.3 is 0 Å². The summed E-state index contributed by atoms with van der Waals surface area (Å²) in [4.78, 5) is 10.2. The summed E-state index contributed by atoms with van der Waals surface area (Å²) < 4.78 is 4.74. The van der Waals surface area contributed by atoms with Gasteiger partial charge in [-0.3, -0.25) is 0 Å². The Morgan fingerprint density at radius 3 is 2.75 bits per heavy atom. The molecule has 4 rings (SSSR count). The standard InChI is InChI=1S/C22H33N5S/c1-25(2)28-26-14-19-9-5-6-10-22(19)27(15-20-13-23-17-24-20)21(16-26)12-11-18-7-3-4-8-18/h5-6,9-10,13,17-18,21H,3-4,7-8,11-12,14-16H2,1-2H3,(H,23,24). The molecular weight excluding hydrogens is 366 g/mol. The molecule has 0 radical (unpaired) electrons. The summed E-state index contributed by atoms with van der Waals surface area (Å²) in [5.74, 6) is 0.933. The molecule has 28 heavy (non-hydrogen) atoms. The molecule has 0 saturated heterocycles. The molecule has 1 fully saturated rings. The van der Waals surface area contributed by atoms with Gasteiger partial charge in [0, 0.05) is 43.1 Å². The minimum Gasteiger partial charge on any atom is -0.361 e. The van der Waals surface area contributed by atoms with Gasteiger partial charge in [-0.25, -0.2) is 13.6 Å². The summed E-state index contributed by atoms with van der Waals surface area (Å²) in [5.41, 5.74) is 3.99. The first-order valence-corrected chi connectivity index (χ1v) is 11.3. The lowest BCUT2D eigenvalue weighted by Crippen LogP contribution is -2.40. The van der Waals surface area contributed by atoms with Gasteiger partial charge in [0.05, 0.1) is 18.6 Å². The van der Waals surface area contributed by atoms with Gasteiger partial charge in [-0.2, -0.15) is 0 Å². The van der Waals surface area contributed by atoms with Crippen LogP contribution in [0.4, 0.5) is 5.69 Å². The number of aromatic amines is 1. The molecule has 1 N–H and O–H groups in total. The third kappa shape index (κ3) is 4.91. The smallest absolute Gasteiger partial charge is 0.0922 e. The Bertz CT molecular complexity index is 726. The van der Waals surface area contributed by atoms with E-state index in [9.17, 15) is 0 Å². The highest BCUT2D eigenvalue weighted by Gasteiger charge is 2.30. The molecule has 6 heteroatoms. The van der Waals surface area contributed by atoms with Gasteiger partial charge in [-0.1, -0.05) is 43.9 Å². The number of imidazole rings is 1. The van der Waals surface area contributed by atoms with Crippen LogP contribution >= 0.6 is 12.1 Å². The van der Waals surface area contributed by atoms with Gasteiger partial charge in [0.2, 0.25) is 0 Å². The van der Waals surface area contributed by atoms with Crippen LogP contribution in [-0.4, -0.2) is 45.3 Å². The van der Waals surface area contributed by atoms with Gasteiger partial charge in [0.25, 0.3) is 0 Å². The van der Waals surface area contributed by atoms with Crippen molar-refractivity contribution < 1.29 is 0 Å². The first kappa shape index (κ1) is 19.8. The maximum Gasteiger partial charge on any atom is 0.0922 e. The second kappa shape index (κ2) is 9.33. The SMILES string of the molecule is CN(C)SN1Cc2ccccc2N(Cc2cnc[nH]2)C(CCC2CCCC2)C1. The zero-order chi connectivity index (χ0) is 19.3. The van der Waals surface area contributed by atoms with E-state index in [2.05, 4.69) is 61.8 Å². The van der Waals surface area contributed by atoms with E-state index >= 15 is 0 Å². The third-order valence-corrected chi connectivity index (χ3v) is 6.90. The third-order valence-electron chi connectivity index (χ3n) is 6.06. The van der Waals surface area contributed by atoms with Crippen molar-refractivity contribution in [2.75, 3.05) is 25.5 Å². The van der Waals surface area contributed by atoms with Crippen LogP contribution < -0.4 is 4.90 Å². The number of nitrogens with one attached hydrogen (secondary N) is 1. The lowest BCUT2D eigenvalue weighted by Gasteiger charge is -2.34. The van der Waals surface area contributed by atoms with Crippen molar-refractivity contribution in [3.8, 4) is 0 Å². The zero-order valence-electron chi connectivity index (χ0n) is 17.2. The monoisotopic (exact) mass is 399 g/mol. The second-order valence-electron chi connectivity index (χ2n) is 8.43. The lowest BCUT2D eigenvalue weighted by molar-refractivity contribution is 0.367. The summed E-state index contributed by atoms with van der Waals surface area (Å²) in [5, 5.41) is 0. The fourth-order valence-electron chi connectivity index (χ4n) is 4.75. The number of fused-ring (bicyclic) bond motifs is 1. The Morgan fingerprint density at radius 2 is 2.00 bits per heavy atom. The van der Waals surface area contributed by atoms with E-state index in [1.165, 1.54) is 55.5 Å². The normalized spacial score (nSPS) is 21.2. The van der Waals surface area contributed by atoms with Crippen LogP contribution in [0.1, 0.15) is 49.8 Å². The zero-order valence-corrected chi connectivity index (χ0v) is 18.0. The molecule has 1 aromatic carbocycles. The van der Waals surface area contributed by atoms with Crippen molar-refractivity contribution in [2.24, 2.45) is 5.92 Å². The van der Waals surface area contributed by atoms with Crippen molar-refractivity contribution in [1.29, 1.82) is 0 Å². The minimum atomic E-state index is 0.514. The average molecular weight is 400 g/mol. The molecule has 0 amide bonds. The molecule has 5 nitrogen and oxygen atoms in total. The van der Waals surface area contributed by atoms with E-state index < -0.39 is 0 Å². The number of hydrogen-bond donors (Lipinski definition) is 1. The number of rotatable bonds is 7. The van der Waals surface area contributed by atoms with Gasteiger partial charge < -0.3 is 9.88 Å². The molecule has 2 heterocycles. The summed E-state index contributed by atoms with van der Waals surface area (Å²) in [6.07, 6.45) is 12.1. The summed E-state index contributed by atoms with van der Waals surface area (Å²) in [7, 11) is 4.27. The first-order valence-electron chi connectivity index (χ1n) is 10.6. The number of para-hydroxylation sites is 1. The van der Waals surface area contributed by atoms with Crippen LogP contribution in [-0.2, 0) is 13.1 Å². The molecule has 1 aromatic heterocycles. The molecule has 2 aliphatic rings. The van der Waals surface area contributed by atoms with Crippen molar-refractivity contribution in [3.63, 3.8) is 0 Å². The van der Waals surface area contributed by atoms with Crippen molar-refractivity contribution in [2.45, 2.75) is 57.7 Å². The molecular formula is C22H33N5S. The molecule has 1 aliphatic carbocycles. The predicted molar refractivity (Wildman–Crippen MR) is 118 cm³/mol. The number of aromatic nitrogens is 2. The number of benzene rings is 1. The summed E-state index contributed by atoms with van der Waals surface area (Å²) >= 11 is 1.84. The van der Waals surface area contributed by atoms with Crippen LogP contribution in [0.15, 0.2) is 36.8 Å². The summed E-state index contributed by atoms with van der Waals surface area (Å²) in [6, 6.07) is 9.46. The van der Waals surface area contributed by atoms with E-state index in [0.717, 1.165) is 25.6 Å². The number of nitrogens with zero attached hydrogens (tertiary/aromatic N) is 4. The fraction of sp³-hybridized carbons (Fsp3) is 0.591. The highest BCUT2D eigenvalue weighted by molar-refractivity contribution is 7.94. The van der Waals surface area contributed by atoms with Crippen molar-refractivity contribution in [1.82, 2.24) is 18.6 Å². The molecule has 1 saturated carbocycles. The van der Waals surface area contributed by atoms with Crippen molar-refractivity contribution >= 4 is 17.8 Å². The lowest BCUT2D eigenvalue weighted by atomic mass is 9.97. The maximum absolute atomic E-state index is 4.25. The minimum absolute atomic E-state index is 0.514. The Morgan fingerprint density at radius 1 is 1.18 bits per heavy atom. The molecule has 1 atom stereocenters. The largest absolute Gasteiger partial charge is 0.361 e. The fourth-order valence-corrected chi connectivity index (χ4v) is 5.64. The van der Waals surface area contributed by atoms with Crippen molar-refractivity contribution in [3.05, 3.63) is 48.0 Å². The van der Waals surface area contributed by atoms with E-state index in [4.69, 9.17) is 0 Å². The number of anilines is 1. The molecule has 1 aliphatic heterocycles. The van der Waals surface area contributed by atoms with Crippen LogP contribution in [0, 0.1) is 5.92 Å². The average Bonchev–Trinajstić information content (AvgIpc) is 3.35. The quantitative estimate of drug-likeness (QED) is 0.684. The van der Waals surface area contributed by atoms with E-state index in [0.29, 0.717) is 6.04 Å². The van der Waals surface area contributed by atoms with E-state index in [1.54, 1.807) is 6.33 Å².